The van der Waals surface area contributed by atoms with Gasteiger partial charge in [-0.1, -0.05) is 195 Å². The highest BCUT2D eigenvalue weighted by Gasteiger charge is 2.71. The van der Waals surface area contributed by atoms with Crippen LogP contribution >= 0.6 is 0 Å². The fraction of sp³-hybridized carbons (Fsp3) is 0.446. The minimum absolute atomic E-state index is 0.0671. The first-order valence-corrected chi connectivity index (χ1v) is 27.1. The van der Waals surface area contributed by atoms with Crippen LogP contribution in [0.3, 0.4) is 0 Å². The minimum atomic E-state index is -2.94. The molecule has 5 nitrogen and oxygen atoms in total. The molecule has 6 atom stereocenters. The number of rotatable bonds is 16. The van der Waals surface area contributed by atoms with E-state index in [-0.39, 0.29) is 39.6 Å². The zero-order valence-electron chi connectivity index (χ0n) is 39.5. The topological polar surface area (TPSA) is 54.0 Å². The maximum absolute atomic E-state index is 13.3. The maximum atomic E-state index is 13.3. The SMILES string of the molecule is C=CC1=C([C@H](OC(C)=O)[C@]23C[C@H](O[Si](c4ccccc4)(c4ccccc4)C(C)(C)C)[C@H](O2)C(C)(C)[C@@H]3C=C)CCC(CCCO[Si](c2ccccc2)(c2ccccc2)C(C)(C)C)C1. The van der Waals surface area contributed by atoms with Crippen molar-refractivity contribution >= 4 is 43.4 Å². The highest BCUT2D eigenvalue weighted by Crippen LogP contribution is 2.63. The number of fused-ring (bicyclic) bond motifs is 2. The van der Waals surface area contributed by atoms with Crippen molar-refractivity contribution in [2.24, 2.45) is 17.3 Å². The number of allylic oxidation sites excluding steroid dienone is 2. The lowest BCUT2D eigenvalue weighted by molar-refractivity contribution is -0.161. The predicted octanol–water partition coefficient (Wildman–Crippen LogP) is 10.9. The van der Waals surface area contributed by atoms with Gasteiger partial charge in [-0.25, -0.2) is 0 Å². The molecule has 0 radical (unpaired) electrons. The van der Waals surface area contributed by atoms with E-state index in [0.717, 1.165) is 37.7 Å². The molecule has 7 rings (SSSR count). The van der Waals surface area contributed by atoms with Crippen LogP contribution < -0.4 is 20.7 Å². The minimum Gasteiger partial charge on any atom is -0.455 e. The zero-order chi connectivity index (χ0) is 45.3. The number of esters is 1. The molecule has 2 heterocycles. The number of benzene rings is 4. The number of hydrogen-bond donors (Lipinski definition) is 0. The van der Waals surface area contributed by atoms with Crippen molar-refractivity contribution in [2.45, 2.75) is 135 Å². The van der Waals surface area contributed by atoms with Gasteiger partial charge in [0.2, 0.25) is 0 Å². The van der Waals surface area contributed by atoms with Crippen LogP contribution in [0.15, 0.2) is 158 Å². The molecular weight excluding hydrogens is 809 g/mol. The molecule has 0 N–H and O–H groups in total. The fourth-order valence-corrected chi connectivity index (χ4v) is 21.4. The lowest BCUT2D eigenvalue weighted by Crippen LogP contribution is -2.69. The van der Waals surface area contributed by atoms with Gasteiger partial charge in [0.05, 0.1) is 12.2 Å². The summed E-state index contributed by atoms with van der Waals surface area (Å²) in [5.74, 6) is 0.0730. The first-order valence-electron chi connectivity index (χ1n) is 23.3. The molecule has 0 spiro atoms. The molecule has 2 fully saturated rings. The van der Waals surface area contributed by atoms with Gasteiger partial charge in [-0.2, -0.15) is 0 Å². The first kappa shape index (κ1) is 46.9. The fourth-order valence-electron chi connectivity index (χ4n) is 12.1. The Morgan fingerprint density at radius 1 is 0.778 bits per heavy atom. The lowest BCUT2D eigenvalue weighted by atomic mass is 9.59. The van der Waals surface area contributed by atoms with E-state index in [1.54, 1.807) is 0 Å². The molecule has 0 saturated carbocycles. The quantitative estimate of drug-likeness (QED) is 0.0486. The van der Waals surface area contributed by atoms with Crippen molar-refractivity contribution in [2.75, 3.05) is 6.61 Å². The molecule has 2 bridgehead atoms. The number of hydrogen-bond acceptors (Lipinski definition) is 5. The van der Waals surface area contributed by atoms with Crippen LogP contribution in [0.4, 0.5) is 0 Å². The molecule has 7 heteroatoms. The van der Waals surface area contributed by atoms with Gasteiger partial charge in [-0.15, -0.1) is 6.58 Å². The van der Waals surface area contributed by atoms with Gasteiger partial charge in [0.1, 0.15) is 5.60 Å². The Hall–Kier alpha value is -4.12. The van der Waals surface area contributed by atoms with Crippen molar-refractivity contribution < 1.29 is 23.1 Å². The van der Waals surface area contributed by atoms with Gasteiger partial charge in [0, 0.05) is 31.3 Å². The smallest absolute Gasteiger partial charge is 0.303 e. The van der Waals surface area contributed by atoms with Crippen LogP contribution in [0, 0.1) is 17.3 Å². The van der Waals surface area contributed by atoms with E-state index in [1.165, 1.54) is 33.2 Å². The van der Waals surface area contributed by atoms with Crippen molar-refractivity contribution in [1.82, 2.24) is 0 Å². The predicted molar refractivity (Wildman–Crippen MR) is 265 cm³/mol. The molecule has 4 aromatic rings. The Morgan fingerprint density at radius 3 is 1.68 bits per heavy atom. The summed E-state index contributed by atoms with van der Waals surface area (Å²) in [5.41, 5.74) is 1.11. The van der Waals surface area contributed by atoms with E-state index in [9.17, 15) is 4.79 Å². The summed E-state index contributed by atoms with van der Waals surface area (Å²) >= 11 is 0. The molecule has 0 amide bonds. The van der Waals surface area contributed by atoms with Gasteiger partial charge in [0.15, 0.2) is 6.10 Å². The summed E-state index contributed by atoms with van der Waals surface area (Å²) in [6, 6.07) is 43.5. The number of carbonyl (C=O) groups is 1. The third-order valence-corrected chi connectivity index (χ3v) is 24.9. The van der Waals surface area contributed by atoms with Gasteiger partial charge in [-0.05, 0) is 80.0 Å². The van der Waals surface area contributed by atoms with Gasteiger partial charge in [0.25, 0.3) is 16.6 Å². The van der Waals surface area contributed by atoms with Crippen LogP contribution in [-0.4, -0.2) is 53.1 Å². The summed E-state index contributed by atoms with van der Waals surface area (Å²) in [6.45, 7) is 29.6. The second kappa shape index (κ2) is 18.4. The molecule has 63 heavy (non-hydrogen) atoms. The molecule has 1 aliphatic carbocycles. The Bertz CT molecular complexity index is 2140. The largest absolute Gasteiger partial charge is 0.455 e. The van der Waals surface area contributed by atoms with E-state index in [1.807, 2.05) is 6.08 Å². The van der Waals surface area contributed by atoms with Crippen LogP contribution in [0.5, 0.6) is 0 Å². The molecule has 4 aromatic carbocycles. The van der Waals surface area contributed by atoms with Crippen molar-refractivity contribution in [3.63, 3.8) is 0 Å². The van der Waals surface area contributed by atoms with E-state index >= 15 is 0 Å². The third kappa shape index (κ3) is 8.49. The maximum Gasteiger partial charge on any atom is 0.303 e. The van der Waals surface area contributed by atoms with E-state index < -0.39 is 28.3 Å². The standard InChI is InChI=1S/C56H72O5Si2/c1-12-43-39-42(27-26-38-58-62(53(4,5)6,44-28-18-14-19-29-44)45-30-20-15-21-31-45)36-37-48(43)51(59-41(3)57)56-40-49(52(60-56)55(10,11)50(56)13-2)61-63(54(7,8)9,46-32-22-16-23-33-46)47-34-24-17-25-35-47/h12-25,28-35,42,49-52H,1-2,26-27,36-40H2,3-11H3/t42?,49-,50-,51-,52-,56+/m0/s1. The Morgan fingerprint density at radius 2 is 1.25 bits per heavy atom. The lowest BCUT2D eigenvalue weighted by Gasteiger charge is -2.50. The highest BCUT2D eigenvalue weighted by molar-refractivity contribution is 7.00. The van der Waals surface area contributed by atoms with Crippen molar-refractivity contribution in [3.8, 4) is 0 Å². The molecule has 2 aliphatic heterocycles. The second-order valence-electron chi connectivity index (χ2n) is 21.1. The summed E-state index contributed by atoms with van der Waals surface area (Å²) in [7, 11) is -5.56. The average molecular weight is 881 g/mol. The zero-order valence-corrected chi connectivity index (χ0v) is 41.5. The Balaban J connectivity index is 1.17. The molecule has 3 aliphatic rings. The van der Waals surface area contributed by atoms with Crippen LogP contribution in [-0.2, 0) is 23.1 Å². The Labute approximate surface area is 381 Å². The summed E-state index contributed by atoms with van der Waals surface area (Å²) in [6.07, 6.45) is 8.28. The Kier molecular flexibility index (Phi) is 13.7. The summed E-state index contributed by atoms with van der Waals surface area (Å²) in [5, 5.41) is 4.82. The van der Waals surface area contributed by atoms with Gasteiger partial charge in [-0.3, -0.25) is 4.79 Å². The van der Waals surface area contributed by atoms with Crippen molar-refractivity contribution in [1.29, 1.82) is 0 Å². The normalized spacial score (nSPS) is 24.2. The van der Waals surface area contributed by atoms with E-state index in [2.05, 4.69) is 196 Å². The first-order chi connectivity index (χ1) is 30.0. The number of ether oxygens (including phenoxy) is 2. The molecule has 334 valence electrons. The molecular formula is C56H72O5Si2. The molecule has 0 aromatic heterocycles. The highest BCUT2D eigenvalue weighted by atomic mass is 28.4. The van der Waals surface area contributed by atoms with Crippen LogP contribution in [0.1, 0.15) is 101 Å². The molecule has 1 unspecified atom stereocenters. The third-order valence-electron chi connectivity index (χ3n) is 14.8. The van der Waals surface area contributed by atoms with E-state index in [4.69, 9.17) is 18.3 Å². The number of carbonyl (C=O) groups excluding carboxylic acids is 1. The van der Waals surface area contributed by atoms with Crippen molar-refractivity contribution in [3.05, 3.63) is 158 Å². The van der Waals surface area contributed by atoms with E-state index in [0.29, 0.717) is 18.9 Å². The van der Waals surface area contributed by atoms with Gasteiger partial charge < -0.3 is 18.3 Å². The monoisotopic (exact) mass is 880 g/mol. The van der Waals surface area contributed by atoms with Crippen LogP contribution in [0.25, 0.3) is 0 Å². The average Bonchev–Trinajstić information content (AvgIpc) is 3.75. The second-order valence-corrected chi connectivity index (χ2v) is 29.6. The van der Waals surface area contributed by atoms with Gasteiger partial charge >= 0.3 is 5.97 Å². The molecule has 2 saturated heterocycles. The summed E-state index contributed by atoms with van der Waals surface area (Å²) < 4.78 is 29.2. The summed E-state index contributed by atoms with van der Waals surface area (Å²) in [4.78, 5) is 13.3. The van der Waals surface area contributed by atoms with Crippen LogP contribution in [0.2, 0.25) is 10.1 Å².